The van der Waals surface area contributed by atoms with Gasteiger partial charge in [0.2, 0.25) is 0 Å². The second-order valence-corrected chi connectivity index (χ2v) is 9.73. The summed E-state index contributed by atoms with van der Waals surface area (Å²) in [5.74, 6) is -0.261. The Morgan fingerprint density at radius 3 is 2.89 bits per heavy atom. The van der Waals surface area contributed by atoms with Gasteiger partial charge in [0.15, 0.2) is 0 Å². The van der Waals surface area contributed by atoms with Crippen molar-refractivity contribution in [3.8, 4) is 0 Å². The van der Waals surface area contributed by atoms with Crippen molar-refractivity contribution in [1.82, 2.24) is 4.90 Å². The van der Waals surface area contributed by atoms with Crippen LogP contribution in [0.1, 0.15) is 31.2 Å². The van der Waals surface area contributed by atoms with Crippen LogP contribution >= 0.6 is 0 Å². The number of amides is 1. The monoisotopic (exact) mass is 380 g/mol. The van der Waals surface area contributed by atoms with Crippen molar-refractivity contribution in [2.75, 3.05) is 25.1 Å². The van der Waals surface area contributed by atoms with Crippen LogP contribution in [0.15, 0.2) is 24.3 Å². The average Bonchev–Trinajstić information content (AvgIpc) is 3.19. The molecule has 1 N–H and O–H groups in total. The largest absolute Gasteiger partial charge is 0.452 e. The van der Waals surface area contributed by atoms with Gasteiger partial charge in [-0.1, -0.05) is 18.2 Å². The predicted octanol–water partition coefficient (Wildman–Crippen LogP) is 1.70. The molecular weight excluding hydrogens is 356 g/mol. The molecule has 3 aliphatic heterocycles. The molecule has 7 atom stereocenters. The molecule has 2 unspecified atom stereocenters. The van der Waals surface area contributed by atoms with Crippen molar-refractivity contribution in [1.29, 1.82) is 0 Å². The maximum atomic E-state index is 13.8. The minimum absolute atomic E-state index is 0.145. The summed E-state index contributed by atoms with van der Waals surface area (Å²) in [5.41, 5.74) is 0.474. The molecule has 1 aromatic rings. The van der Waals surface area contributed by atoms with Crippen molar-refractivity contribution < 1.29 is 19.4 Å². The Labute approximate surface area is 163 Å². The summed E-state index contributed by atoms with van der Waals surface area (Å²) in [4.78, 5) is 31.1. The Bertz CT molecular complexity index is 964. The summed E-state index contributed by atoms with van der Waals surface area (Å²) in [6.07, 6.45) is 2.49. The Hall–Kier alpha value is -1.92. The van der Waals surface area contributed by atoms with E-state index in [2.05, 4.69) is 11.0 Å². The molecule has 0 radical (unpaired) electrons. The molecular formula is C22H24N2O4. The number of benzene rings is 1. The number of fused-ring (bicyclic) bond motifs is 2. The first-order valence-corrected chi connectivity index (χ1v) is 10.5. The Morgan fingerprint density at radius 1 is 1.25 bits per heavy atom. The quantitative estimate of drug-likeness (QED) is 0.742. The van der Waals surface area contributed by atoms with Gasteiger partial charge >= 0.3 is 6.09 Å². The lowest BCUT2D eigenvalue weighted by Gasteiger charge is -2.75. The van der Waals surface area contributed by atoms with Gasteiger partial charge in [-0.2, -0.15) is 0 Å². The van der Waals surface area contributed by atoms with Crippen molar-refractivity contribution in [2.24, 2.45) is 17.3 Å². The number of hydrogen-bond donors (Lipinski definition) is 1. The molecule has 28 heavy (non-hydrogen) atoms. The Morgan fingerprint density at radius 2 is 2.07 bits per heavy atom. The van der Waals surface area contributed by atoms with E-state index < -0.39 is 23.2 Å². The van der Waals surface area contributed by atoms with Crippen LogP contribution in [0.25, 0.3) is 0 Å². The van der Waals surface area contributed by atoms with Crippen LogP contribution in [0.4, 0.5) is 10.5 Å². The number of aliphatic hydroxyl groups is 1. The smallest absolute Gasteiger partial charge is 0.414 e. The first-order chi connectivity index (χ1) is 13.6. The number of piperidine rings is 1. The van der Waals surface area contributed by atoms with Gasteiger partial charge in [0, 0.05) is 18.5 Å². The molecule has 6 bridgehead atoms. The van der Waals surface area contributed by atoms with Crippen molar-refractivity contribution in [3.05, 3.63) is 29.8 Å². The molecule has 0 aromatic heterocycles. The topological polar surface area (TPSA) is 70.1 Å². The number of carbonyl (C=O) groups excluding carboxylic acids is 2. The molecule has 3 spiro atoms. The van der Waals surface area contributed by atoms with Crippen LogP contribution in [0.3, 0.4) is 0 Å². The molecule has 9 rings (SSSR count). The maximum Gasteiger partial charge on any atom is 0.414 e. The Kier molecular flexibility index (Phi) is 2.54. The SMILES string of the molecule is COC(=O)N1c2ccccc2[C@@]23C4CN5CCC[C@]6(CCC12[C@H](O)[C@@H]6C4=O)[C@H]53. The van der Waals surface area contributed by atoms with Crippen LogP contribution in [-0.4, -0.2) is 59.8 Å². The second-order valence-electron chi connectivity index (χ2n) is 9.73. The highest BCUT2D eigenvalue weighted by Crippen LogP contribution is 2.80. The van der Waals surface area contributed by atoms with Gasteiger partial charge in [-0.3, -0.25) is 14.6 Å². The number of nitrogens with zero attached hydrogens (tertiary/aromatic N) is 2. The zero-order valence-corrected chi connectivity index (χ0v) is 15.9. The van der Waals surface area contributed by atoms with Crippen LogP contribution in [0, 0.1) is 17.3 Å². The maximum absolute atomic E-state index is 13.8. The summed E-state index contributed by atoms with van der Waals surface area (Å²) in [6.45, 7) is 1.77. The van der Waals surface area contributed by atoms with E-state index in [1.54, 1.807) is 4.90 Å². The number of rotatable bonds is 0. The summed E-state index contributed by atoms with van der Waals surface area (Å²) in [5, 5.41) is 11.8. The molecule has 1 aromatic carbocycles. The highest BCUT2D eigenvalue weighted by atomic mass is 16.5. The summed E-state index contributed by atoms with van der Waals surface area (Å²) in [6, 6.07) is 8.24. The van der Waals surface area contributed by atoms with Crippen LogP contribution in [-0.2, 0) is 14.9 Å². The number of aliphatic hydroxyl groups excluding tert-OH is 1. The van der Waals surface area contributed by atoms with Gasteiger partial charge in [0.05, 0.1) is 35.8 Å². The standard InChI is InChI=1S/C22H24N2O4/c1-28-19(27)24-14-6-3-2-5-12(14)22-13-11-23-10-4-7-20(18(22)23)8-9-21(22,24)17(26)15(20)16(13)25/h2-3,5-6,13,15,17-18,26H,4,7-11H2,1H3/t13?,15-,17+,18-,20+,21?,22-/m0/s1. The van der Waals surface area contributed by atoms with E-state index in [9.17, 15) is 14.7 Å². The second kappa shape index (κ2) is 4.46. The zero-order chi connectivity index (χ0) is 19.1. The van der Waals surface area contributed by atoms with Crippen LogP contribution in [0.2, 0.25) is 0 Å². The fraction of sp³-hybridized carbons (Fsp3) is 0.636. The van der Waals surface area contributed by atoms with Gasteiger partial charge in [-0.25, -0.2) is 4.79 Å². The zero-order valence-electron chi connectivity index (χ0n) is 15.9. The number of hydrogen-bond acceptors (Lipinski definition) is 5. The van der Waals surface area contributed by atoms with Gasteiger partial charge in [0.1, 0.15) is 5.78 Å². The molecule has 5 saturated carbocycles. The van der Waals surface area contributed by atoms with E-state index in [4.69, 9.17) is 4.74 Å². The number of ketones is 1. The number of Topliss-reactive ketones (excluding diaryl/α,β-unsaturated/α-hetero) is 1. The van der Waals surface area contributed by atoms with E-state index in [0.29, 0.717) is 0 Å². The van der Waals surface area contributed by atoms with E-state index in [-0.39, 0.29) is 29.1 Å². The van der Waals surface area contributed by atoms with E-state index in [1.165, 1.54) is 7.11 Å². The first-order valence-electron chi connectivity index (χ1n) is 10.5. The third-order valence-electron chi connectivity index (χ3n) is 9.50. The van der Waals surface area contributed by atoms with Gasteiger partial charge < -0.3 is 9.84 Å². The fourth-order valence-electron chi connectivity index (χ4n) is 9.20. The molecule has 6 nitrogen and oxygen atoms in total. The lowest BCUT2D eigenvalue weighted by molar-refractivity contribution is -0.229. The van der Waals surface area contributed by atoms with Gasteiger partial charge in [-0.15, -0.1) is 0 Å². The third-order valence-corrected chi connectivity index (χ3v) is 9.50. The van der Waals surface area contributed by atoms with Gasteiger partial charge in [0.25, 0.3) is 0 Å². The number of ether oxygens (including phenoxy) is 1. The molecule has 5 aliphatic carbocycles. The van der Waals surface area contributed by atoms with Crippen molar-refractivity contribution >= 4 is 17.6 Å². The summed E-state index contributed by atoms with van der Waals surface area (Å²) < 4.78 is 5.22. The van der Waals surface area contributed by atoms with E-state index in [0.717, 1.165) is 50.0 Å². The summed E-state index contributed by atoms with van der Waals surface area (Å²) in [7, 11) is 1.41. The average molecular weight is 380 g/mol. The minimum atomic E-state index is -0.828. The minimum Gasteiger partial charge on any atom is -0.452 e. The molecule has 2 saturated heterocycles. The van der Waals surface area contributed by atoms with Gasteiger partial charge in [-0.05, 0) is 49.3 Å². The van der Waals surface area contributed by atoms with Crippen LogP contribution < -0.4 is 4.90 Å². The fourth-order valence-corrected chi connectivity index (χ4v) is 9.20. The number of anilines is 1. The number of para-hydroxylation sites is 1. The van der Waals surface area contributed by atoms with Crippen molar-refractivity contribution in [3.63, 3.8) is 0 Å². The lowest BCUT2D eigenvalue weighted by atomic mass is 9.31. The molecule has 1 amide bonds. The first kappa shape index (κ1) is 15.9. The normalized spacial score (nSPS) is 49.4. The molecule has 8 aliphatic rings. The Balaban J connectivity index is 1.64. The number of methoxy groups -OCH3 is 1. The lowest BCUT2D eigenvalue weighted by Crippen LogP contribution is -2.88. The summed E-state index contributed by atoms with van der Waals surface area (Å²) >= 11 is 0. The third kappa shape index (κ3) is 1.18. The highest BCUT2D eigenvalue weighted by Gasteiger charge is 2.90. The predicted molar refractivity (Wildman–Crippen MR) is 100.0 cm³/mol. The van der Waals surface area contributed by atoms with E-state index in [1.807, 2.05) is 18.2 Å². The highest BCUT2D eigenvalue weighted by molar-refractivity contribution is 6.01. The van der Waals surface area contributed by atoms with E-state index >= 15 is 0 Å². The number of carbonyl (C=O) groups is 2. The molecule has 146 valence electrons. The molecule has 3 heterocycles. The van der Waals surface area contributed by atoms with Crippen LogP contribution in [0.5, 0.6) is 0 Å². The molecule has 6 heteroatoms. The van der Waals surface area contributed by atoms with Crippen molar-refractivity contribution in [2.45, 2.75) is 48.8 Å². The molecule has 7 fully saturated rings.